The van der Waals surface area contributed by atoms with E-state index in [0.29, 0.717) is 26.6 Å². The molecule has 3 N–H and O–H groups in total. The summed E-state index contributed by atoms with van der Waals surface area (Å²) in [5, 5.41) is 19.6. The lowest BCUT2D eigenvalue weighted by atomic mass is 10.2. The minimum absolute atomic E-state index is 0.0425. The lowest BCUT2D eigenvalue weighted by molar-refractivity contribution is 0.737. The van der Waals surface area contributed by atoms with Gasteiger partial charge in [-0.25, -0.2) is 0 Å². The average Bonchev–Trinajstić information content (AvgIpc) is 3.12. The van der Waals surface area contributed by atoms with Gasteiger partial charge in [-0.05, 0) is 24.0 Å². The van der Waals surface area contributed by atoms with E-state index in [1.165, 1.54) is 28.2 Å². The van der Waals surface area contributed by atoms with Crippen LogP contribution < -0.4 is 11.2 Å². The smallest absolute Gasteiger partial charge is 0.211 e. The molecule has 0 spiro atoms. The number of nitrogens with zero attached hydrogens (tertiary/aromatic N) is 4. The van der Waals surface area contributed by atoms with Crippen LogP contribution in [-0.2, 0) is 0 Å². The maximum Gasteiger partial charge on any atom is 0.211 e. The number of halogens is 1. The third-order valence-corrected chi connectivity index (χ3v) is 5.06. The molecule has 0 aliphatic carbocycles. The van der Waals surface area contributed by atoms with Gasteiger partial charge in [0.1, 0.15) is 27.9 Å². The zero-order chi connectivity index (χ0) is 15.7. The van der Waals surface area contributed by atoms with E-state index in [2.05, 4.69) is 21.7 Å². The number of nitrogens with one attached hydrogen (secondary N) is 1. The Hall–Kier alpha value is -1.82. The number of aromatic nitrogens is 2. The standard InChI is InChI=1S/C13H11ClN6S2/c1-21-12-9(6-15)10(16)20(19-12)13-18-17-11(22-13)7-2-4-8(14)5-3-7/h2-5,11,17H,16H2,1H3. The molecule has 1 aliphatic rings. The second-order valence-corrected chi connectivity index (χ2v) is 6.67. The summed E-state index contributed by atoms with van der Waals surface area (Å²) in [7, 11) is 0. The number of anilines is 1. The Morgan fingerprint density at radius 2 is 2.18 bits per heavy atom. The van der Waals surface area contributed by atoms with Crippen molar-refractivity contribution in [3.8, 4) is 6.07 Å². The summed E-state index contributed by atoms with van der Waals surface area (Å²) in [6.07, 6.45) is 1.85. The van der Waals surface area contributed by atoms with Crippen molar-refractivity contribution in [1.82, 2.24) is 15.2 Å². The zero-order valence-electron chi connectivity index (χ0n) is 11.4. The van der Waals surface area contributed by atoms with Gasteiger partial charge in [0, 0.05) is 5.02 Å². The molecule has 0 amide bonds. The molecular weight excluding hydrogens is 340 g/mol. The van der Waals surface area contributed by atoms with Crippen LogP contribution in [0, 0.1) is 11.3 Å². The van der Waals surface area contributed by atoms with Crippen molar-refractivity contribution >= 4 is 46.1 Å². The number of benzene rings is 1. The van der Waals surface area contributed by atoms with E-state index in [0.717, 1.165) is 5.56 Å². The molecule has 1 aromatic heterocycles. The van der Waals surface area contributed by atoms with Gasteiger partial charge >= 0.3 is 0 Å². The second kappa shape index (κ2) is 6.12. The topological polar surface area (TPSA) is 92.0 Å². The number of rotatable bonds is 2. The zero-order valence-corrected chi connectivity index (χ0v) is 13.8. The normalized spacial score (nSPS) is 17.0. The van der Waals surface area contributed by atoms with Crippen molar-refractivity contribution in [1.29, 1.82) is 5.26 Å². The number of nitrogen functional groups attached to an aromatic ring is 1. The minimum Gasteiger partial charge on any atom is -0.382 e. The summed E-state index contributed by atoms with van der Waals surface area (Å²) in [5.74, 6) is 0.302. The van der Waals surface area contributed by atoms with Crippen LogP contribution in [0.5, 0.6) is 0 Å². The van der Waals surface area contributed by atoms with Crippen LogP contribution in [0.4, 0.5) is 5.82 Å². The Bertz CT molecular complexity index is 777. The van der Waals surface area contributed by atoms with Gasteiger partial charge in [-0.2, -0.15) is 20.1 Å². The summed E-state index contributed by atoms with van der Waals surface area (Å²) in [4.78, 5) is 0. The number of hydrogen-bond acceptors (Lipinski definition) is 7. The Labute approximate surface area is 140 Å². The van der Waals surface area contributed by atoms with Crippen molar-refractivity contribution in [2.24, 2.45) is 5.10 Å². The minimum atomic E-state index is -0.0425. The van der Waals surface area contributed by atoms with Crippen LogP contribution in [0.1, 0.15) is 16.5 Å². The fourth-order valence-electron chi connectivity index (χ4n) is 1.95. The van der Waals surface area contributed by atoms with E-state index in [1.54, 1.807) is 0 Å². The number of hydrazone groups is 1. The van der Waals surface area contributed by atoms with Crippen molar-refractivity contribution in [2.45, 2.75) is 10.4 Å². The Morgan fingerprint density at radius 3 is 2.77 bits per heavy atom. The van der Waals surface area contributed by atoms with Gasteiger partial charge in [0.05, 0.1) is 0 Å². The summed E-state index contributed by atoms with van der Waals surface area (Å²) in [6.45, 7) is 0. The number of thioether (sulfide) groups is 2. The molecule has 112 valence electrons. The third kappa shape index (κ3) is 2.63. The van der Waals surface area contributed by atoms with Crippen molar-refractivity contribution in [2.75, 3.05) is 12.0 Å². The molecule has 0 bridgehead atoms. The monoisotopic (exact) mass is 350 g/mol. The molecular formula is C13H11ClN6S2. The van der Waals surface area contributed by atoms with Crippen molar-refractivity contribution in [3.05, 3.63) is 40.4 Å². The highest BCUT2D eigenvalue weighted by molar-refractivity contribution is 8.14. The average molecular weight is 351 g/mol. The highest BCUT2D eigenvalue weighted by Gasteiger charge is 2.26. The summed E-state index contributed by atoms with van der Waals surface area (Å²) in [5.41, 5.74) is 10.5. The van der Waals surface area contributed by atoms with Crippen molar-refractivity contribution in [3.63, 3.8) is 0 Å². The lowest BCUT2D eigenvalue weighted by Gasteiger charge is -2.09. The molecule has 3 rings (SSSR count). The van der Waals surface area contributed by atoms with Crippen LogP contribution in [-0.4, -0.2) is 21.2 Å². The number of hydrogen-bond donors (Lipinski definition) is 2. The maximum absolute atomic E-state index is 9.17. The maximum atomic E-state index is 9.17. The molecule has 1 aliphatic heterocycles. The first-order valence-electron chi connectivity index (χ1n) is 6.22. The van der Waals surface area contributed by atoms with Crippen LogP contribution >= 0.6 is 35.1 Å². The van der Waals surface area contributed by atoms with Gasteiger partial charge in [0.2, 0.25) is 5.17 Å². The van der Waals surface area contributed by atoms with Gasteiger partial charge in [0.15, 0.2) is 0 Å². The Morgan fingerprint density at radius 1 is 1.45 bits per heavy atom. The Kier molecular flexibility index (Phi) is 4.20. The van der Waals surface area contributed by atoms with E-state index in [-0.39, 0.29) is 5.37 Å². The molecule has 1 atom stereocenters. The number of nitriles is 1. The molecule has 0 radical (unpaired) electrons. The highest BCUT2D eigenvalue weighted by atomic mass is 35.5. The van der Waals surface area contributed by atoms with Crippen LogP contribution in [0.25, 0.3) is 0 Å². The molecule has 1 aromatic carbocycles. The molecule has 0 saturated heterocycles. The van der Waals surface area contributed by atoms with Crippen LogP contribution in [0.2, 0.25) is 5.02 Å². The first-order valence-corrected chi connectivity index (χ1v) is 8.70. The molecule has 9 heteroatoms. The molecule has 2 heterocycles. The highest BCUT2D eigenvalue weighted by Crippen LogP contribution is 2.34. The van der Waals surface area contributed by atoms with E-state index in [1.807, 2.05) is 30.5 Å². The van der Waals surface area contributed by atoms with Gasteiger partial charge in [0.25, 0.3) is 0 Å². The molecule has 2 aromatic rings. The quantitative estimate of drug-likeness (QED) is 0.809. The van der Waals surface area contributed by atoms with Crippen LogP contribution in [0.15, 0.2) is 34.4 Å². The molecule has 1 unspecified atom stereocenters. The van der Waals surface area contributed by atoms with E-state index < -0.39 is 0 Å². The predicted octanol–water partition coefficient (Wildman–Crippen LogP) is 2.87. The third-order valence-electron chi connectivity index (χ3n) is 3.05. The van der Waals surface area contributed by atoms with Gasteiger partial charge in [-0.15, -0.1) is 11.8 Å². The first kappa shape index (κ1) is 15.1. The Balaban J connectivity index is 1.85. The summed E-state index contributed by atoms with van der Waals surface area (Å²) < 4.78 is 1.50. The second-order valence-electron chi connectivity index (χ2n) is 4.37. The van der Waals surface area contributed by atoms with E-state index in [4.69, 9.17) is 17.3 Å². The van der Waals surface area contributed by atoms with Gasteiger partial charge in [-0.1, -0.05) is 35.5 Å². The molecule has 22 heavy (non-hydrogen) atoms. The van der Waals surface area contributed by atoms with Gasteiger partial charge < -0.3 is 5.73 Å². The molecule has 0 saturated carbocycles. The largest absolute Gasteiger partial charge is 0.382 e. The van der Waals surface area contributed by atoms with Crippen molar-refractivity contribution < 1.29 is 0 Å². The summed E-state index contributed by atoms with van der Waals surface area (Å²) in [6, 6.07) is 9.62. The fraction of sp³-hybridized carbons (Fsp3) is 0.154. The van der Waals surface area contributed by atoms with Crippen LogP contribution in [0.3, 0.4) is 0 Å². The molecule has 0 fully saturated rings. The first-order chi connectivity index (χ1) is 10.6. The predicted molar refractivity (Wildman–Crippen MR) is 90.9 cm³/mol. The number of nitrogens with two attached hydrogens (primary N) is 1. The van der Waals surface area contributed by atoms with E-state index >= 15 is 0 Å². The SMILES string of the molecule is CSc1nn(C2=NNC(c3ccc(Cl)cc3)S2)c(N)c1C#N. The van der Waals surface area contributed by atoms with E-state index in [9.17, 15) is 5.26 Å². The lowest BCUT2D eigenvalue weighted by Crippen LogP contribution is -2.11. The van der Waals surface area contributed by atoms with Gasteiger partial charge in [-0.3, -0.25) is 5.43 Å². The summed E-state index contributed by atoms with van der Waals surface area (Å²) >= 11 is 8.75. The molecule has 6 nitrogen and oxygen atoms in total. The fourth-order valence-corrected chi connectivity index (χ4v) is 3.55.